The highest BCUT2D eigenvalue weighted by Crippen LogP contribution is 2.31. The first-order chi connectivity index (χ1) is 23.5. The smallest absolute Gasteiger partial charge is 0.336 e. The van der Waals surface area contributed by atoms with Crippen molar-refractivity contribution in [3.63, 3.8) is 0 Å². The molecule has 0 aliphatic carbocycles. The van der Waals surface area contributed by atoms with Gasteiger partial charge < -0.3 is 78.3 Å². The average molecular weight is 700 g/mol. The van der Waals surface area contributed by atoms with E-state index in [4.69, 9.17) is 37.3 Å². The van der Waals surface area contributed by atoms with Crippen LogP contribution in [0.1, 0.15) is 16.9 Å². The number of aliphatic hydroxyl groups is 7. The van der Waals surface area contributed by atoms with Gasteiger partial charge in [0, 0.05) is 41.6 Å². The van der Waals surface area contributed by atoms with Crippen LogP contribution in [0.3, 0.4) is 0 Å². The second-order valence-electron chi connectivity index (χ2n) is 12.1. The normalized spacial score (nSPS) is 30.8. The van der Waals surface area contributed by atoms with E-state index in [0.717, 1.165) is 27.7 Å². The minimum Gasteiger partial charge on any atom is -0.461 e. The van der Waals surface area contributed by atoms with Gasteiger partial charge in [0.2, 0.25) is 0 Å². The van der Waals surface area contributed by atoms with E-state index in [9.17, 15) is 40.5 Å². The van der Waals surface area contributed by atoms with Gasteiger partial charge in [-0.25, -0.2) is 4.79 Å². The van der Waals surface area contributed by atoms with Crippen LogP contribution in [0.5, 0.6) is 0 Å². The molecule has 0 amide bonds. The Morgan fingerprint density at radius 2 is 1.43 bits per heavy atom. The molecule has 17 nitrogen and oxygen atoms in total. The summed E-state index contributed by atoms with van der Waals surface area (Å²) in [4.78, 5) is 11.7. The molecule has 274 valence electrons. The highest BCUT2D eigenvalue weighted by atomic mass is 16.7. The van der Waals surface area contributed by atoms with Crippen molar-refractivity contribution in [2.24, 2.45) is 0 Å². The molecule has 2 aliphatic heterocycles. The Labute approximate surface area is 280 Å². The van der Waals surface area contributed by atoms with Crippen molar-refractivity contribution in [1.82, 2.24) is 5.32 Å². The maximum Gasteiger partial charge on any atom is 0.336 e. The molecule has 1 unspecified atom stereocenters. The lowest BCUT2D eigenvalue weighted by Gasteiger charge is -2.45. The van der Waals surface area contributed by atoms with Crippen molar-refractivity contribution in [2.45, 2.75) is 81.8 Å². The van der Waals surface area contributed by atoms with Crippen molar-refractivity contribution in [1.29, 1.82) is 0 Å². The first-order valence-electron chi connectivity index (χ1n) is 16.1. The molecule has 4 heterocycles. The number of furan rings is 1. The lowest BCUT2D eigenvalue weighted by Crippen LogP contribution is -2.64. The zero-order valence-electron chi connectivity index (χ0n) is 27.2. The molecule has 0 radical (unpaired) electrons. The van der Waals surface area contributed by atoms with Crippen molar-refractivity contribution >= 4 is 21.9 Å². The minimum atomic E-state index is -1.77. The highest BCUT2D eigenvalue weighted by molar-refractivity contribution is 5.96. The van der Waals surface area contributed by atoms with Gasteiger partial charge in [-0.15, -0.1) is 0 Å². The highest BCUT2D eigenvalue weighted by Gasteiger charge is 2.50. The molecule has 2 aliphatic rings. The van der Waals surface area contributed by atoms with E-state index < -0.39 is 73.6 Å². The Morgan fingerprint density at radius 1 is 0.735 bits per heavy atom. The second kappa shape index (κ2) is 17.1. The zero-order chi connectivity index (χ0) is 35.2. The van der Waals surface area contributed by atoms with Gasteiger partial charge in [0.05, 0.1) is 46.2 Å². The molecular weight excluding hydrogens is 654 g/mol. The summed E-state index contributed by atoms with van der Waals surface area (Å²) in [6.45, 7) is 5.41. The Morgan fingerprint density at radius 3 is 2.16 bits per heavy atom. The van der Waals surface area contributed by atoms with Crippen LogP contribution in [-0.4, -0.2) is 150 Å². The Kier molecular flexibility index (Phi) is 13.1. The number of hydrogen-bond donors (Lipinski definition) is 8. The molecule has 0 bridgehead atoms. The van der Waals surface area contributed by atoms with Crippen molar-refractivity contribution in [2.75, 3.05) is 52.8 Å². The molecule has 17 heteroatoms. The van der Waals surface area contributed by atoms with Gasteiger partial charge in [-0.2, -0.15) is 0 Å². The number of aliphatic hydroxyl groups excluding tert-OH is 7. The van der Waals surface area contributed by atoms with Crippen molar-refractivity contribution in [3.05, 3.63) is 45.5 Å². The molecule has 49 heavy (non-hydrogen) atoms. The van der Waals surface area contributed by atoms with E-state index in [2.05, 4.69) is 5.32 Å². The monoisotopic (exact) mass is 699 g/mol. The van der Waals surface area contributed by atoms with Crippen LogP contribution in [0.2, 0.25) is 0 Å². The molecule has 8 N–H and O–H groups in total. The second-order valence-corrected chi connectivity index (χ2v) is 12.1. The maximum atomic E-state index is 11.7. The van der Waals surface area contributed by atoms with Crippen LogP contribution in [0.25, 0.3) is 21.9 Å². The molecule has 3 aromatic rings. The number of hydrogen-bond acceptors (Lipinski definition) is 17. The maximum absolute atomic E-state index is 11.7. The molecule has 2 saturated heterocycles. The van der Waals surface area contributed by atoms with Gasteiger partial charge in [-0.3, -0.25) is 0 Å². The molecule has 2 fully saturated rings. The molecule has 0 spiro atoms. The van der Waals surface area contributed by atoms with E-state index in [0.29, 0.717) is 44.1 Å². The summed E-state index contributed by atoms with van der Waals surface area (Å²) in [6.07, 6.45) is -15.6. The summed E-state index contributed by atoms with van der Waals surface area (Å²) in [5, 5.41) is 75.6. The van der Waals surface area contributed by atoms with E-state index in [1.807, 2.05) is 19.9 Å². The van der Waals surface area contributed by atoms with E-state index in [1.165, 1.54) is 6.07 Å². The SMILES string of the molecule is Cc1oc2cc3oc(=O)cc(C)c3cc2c1CNCCOCCOCCOC[C@H]1O[C@@H](O[C@H]2[C@H](O)[C@@H](O)C(O)O[C@@H]2CO)[C@H](O)[C@@H](O)[C@H]1O. The third kappa shape index (κ3) is 8.84. The van der Waals surface area contributed by atoms with Gasteiger partial charge in [-0.05, 0) is 25.5 Å². The topological polar surface area (TPSA) is 252 Å². The number of fused-ring (bicyclic) bond motifs is 2. The van der Waals surface area contributed by atoms with E-state index in [1.54, 1.807) is 6.07 Å². The van der Waals surface area contributed by atoms with Gasteiger partial charge in [0.15, 0.2) is 12.6 Å². The fourth-order valence-corrected chi connectivity index (χ4v) is 5.86. The largest absolute Gasteiger partial charge is 0.461 e. The van der Waals surface area contributed by atoms with Crippen LogP contribution in [0, 0.1) is 13.8 Å². The molecule has 10 atom stereocenters. The number of aryl methyl sites for hydroxylation is 2. The Balaban J connectivity index is 0.959. The predicted octanol–water partition coefficient (Wildman–Crippen LogP) is -2.08. The Hall–Kier alpha value is -2.59. The molecular formula is C32H45NO16. The standard InChI is InChI=1S/C32H45NO16/c1-15-9-24(35)46-20-11-21-18(10-17(15)20)19(16(2)45-21)12-33-3-4-42-5-6-43-7-8-44-14-23-25(36)26(37)29(40)32(48-23)49-30-22(13-34)47-31(41)28(39)27(30)38/h9-11,22-23,25-34,36-41H,3-8,12-14H2,1-2H3/t22-,23-,25+,26+,27-,28-,29-,30-,31?,32+/m1/s1. The molecule has 2 aromatic heterocycles. The minimum absolute atomic E-state index is 0.114. The molecule has 1 aromatic carbocycles. The number of ether oxygens (including phenoxy) is 6. The summed E-state index contributed by atoms with van der Waals surface area (Å²) in [5.41, 5.74) is 2.59. The fraction of sp³-hybridized carbons (Fsp3) is 0.656. The van der Waals surface area contributed by atoms with Crippen LogP contribution < -0.4 is 10.9 Å². The number of nitrogens with one attached hydrogen (secondary N) is 1. The summed E-state index contributed by atoms with van der Waals surface area (Å²) >= 11 is 0. The number of rotatable bonds is 16. The van der Waals surface area contributed by atoms with Crippen LogP contribution in [-0.2, 0) is 35.0 Å². The first kappa shape index (κ1) is 37.7. The first-order valence-corrected chi connectivity index (χ1v) is 16.1. The third-order valence-electron chi connectivity index (χ3n) is 8.61. The zero-order valence-corrected chi connectivity index (χ0v) is 27.2. The van der Waals surface area contributed by atoms with Crippen LogP contribution >= 0.6 is 0 Å². The summed E-state index contributed by atoms with van der Waals surface area (Å²) in [6, 6.07) is 5.19. The molecule has 0 saturated carbocycles. The molecule has 5 rings (SSSR count). The summed E-state index contributed by atoms with van der Waals surface area (Å²) in [7, 11) is 0. The van der Waals surface area contributed by atoms with Gasteiger partial charge in [-0.1, -0.05) is 0 Å². The summed E-state index contributed by atoms with van der Waals surface area (Å²) in [5.74, 6) is 0.772. The van der Waals surface area contributed by atoms with E-state index in [-0.39, 0.29) is 19.8 Å². The summed E-state index contributed by atoms with van der Waals surface area (Å²) < 4.78 is 44.0. The average Bonchev–Trinajstić information content (AvgIpc) is 3.38. The lowest BCUT2D eigenvalue weighted by atomic mass is 9.97. The fourth-order valence-electron chi connectivity index (χ4n) is 5.86. The van der Waals surface area contributed by atoms with Gasteiger partial charge in [0.25, 0.3) is 0 Å². The van der Waals surface area contributed by atoms with Crippen LogP contribution in [0.4, 0.5) is 0 Å². The van der Waals surface area contributed by atoms with Crippen molar-refractivity contribution < 1.29 is 73.0 Å². The van der Waals surface area contributed by atoms with Gasteiger partial charge in [0.1, 0.15) is 65.8 Å². The predicted molar refractivity (Wildman–Crippen MR) is 167 cm³/mol. The third-order valence-corrected chi connectivity index (χ3v) is 8.61. The number of benzene rings is 1. The van der Waals surface area contributed by atoms with Gasteiger partial charge >= 0.3 is 5.63 Å². The lowest BCUT2D eigenvalue weighted by molar-refractivity contribution is -0.355. The Bertz CT molecular complexity index is 1560. The van der Waals surface area contributed by atoms with E-state index >= 15 is 0 Å². The van der Waals surface area contributed by atoms with Crippen molar-refractivity contribution in [3.8, 4) is 0 Å². The van der Waals surface area contributed by atoms with Crippen LogP contribution in [0.15, 0.2) is 31.8 Å². The quantitative estimate of drug-likeness (QED) is 0.0590.